The van der Waals surface area contributed by atoms with Crippen LogP contribution in [0.1, 0.15) is 48.4 Å². The lowest BCUT2D eigenvalue weighted by molar-refractivity contribution is 0.0655. The number of carbonyl (C=O) groups is 2. The molecule has 0 saturated carbocycles. The van der Waals surface area contributed by atoms with E-state index < -0.39 is 0 Å². The predicted octanol–water partition coefficient (Wildman–Crippen LogP) is 2.66. The second-order valence-corrected chi connectivity index (χ2v) is 7.85. The third-order valence-electron chi connectivity index (χ3n) is 4.18. The maximum atomic E-state index is 12.8. The van der Waals surface area contributed by atoms with Gasteiger partial charge >= 0.3 is 0 Å². The van der Waals surface area contributed by atoms with E-state index in [-0.39, 0.29) is 35.7 Å². The van der Waals surface area contributed by atoms with E-state index in [4.69, 9.17) is 0 Å². The highest BCUT2D eigenvalue weighted by atomic mass is 35.5. The first-order chi connectivity index (χ1) is 11.2. The van der Waals surface area contributed by atoms with Crippen LogP contribution in [0.5, 0.6) is 0 Å². The number of hydrogen-bond acceptors (Lipinski definition) is 3. The topological polar surface area (TPSA) is 52.7 Å². The maximum Gasteiger partial charge on any atom is 0.254 e. The molecule has 0 radical (unpaired) electrons. The number of benzene rings is 1. The number of amides is 2. The summed E-state index contributed by atoms with van der Waals surface area (Å²) >= 11 is 0. The first-order valence-electron chi connectivity index (χ1n) is 8.56. The molecule has 5 nitrogen and oxygen atoms in total. The first kappa shape index (κ1) is 21.5. The van der Waals surface area contributed by atoms with Gasteiger partial charge in [0.05, 0.1) is 0 Å². The van der Waals surface area contributed by atoms with Crippen LogP contribution in [-0.2, 0) is 0 Å². The summed E-state index contributed by atoms with van der Waals surface area (Å²) in [6, 6.07) is 7.24. The van der Waals surface area contributed by atoms with Crippen molar-refractivity contribution >= 4 is 24.2 Å². The number of nitrogens with zero attached hydrogens (tertiary/aromatic N) is 2. The zero-order valence-corrected chi connectivity index (χ0v) is 16.7. The summed E-state index contributed by atoms with van der Waals surface area (Å²) in [7, 11) is 1.81. The molecule has 0 spiro atoms. The van der Waals surface area contributed by atoms with E-state index in [0.717, 1.165) is 13.1 Å². The number of hydrogen-bond donors (Lipinski definition) is 1. The fraction of sp³-hybridized carbons (Fsp3) is 0.579. The van der Waals surface area contributed by atoms with Gasteiger partial charge in [0.15, 0.2) is 0 Å². The summed E-state index contributed by atoms with van der Waals surface area (Å²) in [5.74, 6) is -0.0509. The molecule has 1 aromatic carbocycles. The predicted molar refractivity (Wildman–Crippen MR) is 103 cm³/mol. The van der Waals surface area contributed by atoms with Crippen LogP contribution in [-0.4, -0.2) is 60.9 Å². The molecule has 1 fully saturated rings. The summed E-state index contributed by atoms with van der Waals surface area (Å²) in [6.45, 7) is 11.3. The van der Waals surface area contributed by atoms with Crippen molar-refractivity contribution in [2.75, 3.05) is 33.2 Å². The van der Waals surface area contributed by atoms with Gasteiger partial charge in [-0.05, 0) is 30.5 Å². The van der Waals surface area contributed by atoms with Crippen molar-refractivity contribution < 1.29 is 9.59 Å². The Labute approximate surface area is 157 Å². The van der Waals surface area contributed by atoms with Crippen molar-refractivity contribution in [2.45, 2.75) is 33.7 Å². The highest BCUT2D eigenvalue weighted by molar-refractivity contribution is 5.99. The number of carbonyl (C=O) groups excluding carboxylic acids is 2. The Morgan fingerprint density at radius 2 is 1.92 bits per heavy atom. The molecule has 1 saturated heterocycles. The van der Waals surface area contributed by atoms with Crippen LogP contribution < -0.4 is 5.32 Å². The molecule has 1 atom stereocenters. The standard InChI is InChI=1S/C19H29N3O2.ClH/c1-14-12-20-9-10-22(14)18(24)16-8-6-7-15(11-16)17(23)21(5)13-19(2,3)4;/h6-8,11,14,20H,9-10,12-13H2,1-5H3;1H/t14-;/m1./s1. The van der Waals surface area contributed by atoms with Crippen LogP contribution in [0, 0.1) is 5.41 Å². The molecule has 2 amide bonds. The quantitative estimate of drug-likeness (QED) is 0.893. The lowest BCUT2D eigenvalue weighted by Gasteiger charge is -2.34. The molecule has 1 aliphatic rings. The largest absolute Gasteiger partial charge is 0.341 e. The molecule has 0 bridgehead atoms. The zero-order valence-electron chi connectivity index (χ0n) is 15.8. The molecule has 1 aromatic rings. The smallest absolute Gasteiger partial charge is 0.254 e. The molecule has 25 heavy (non-hydrogen) atoms. The van der Waals surface area contributed by atoms with Crippen LogP contribution in [0.4, 0.5) is 0 Å². The zero-order chi connectivity index (χ0) is 17.9. The Morgan fingerprint density at radius 3 is 2.52 bits per heavy atom. The van der Waals surface area contributed by atoms with Crippen molar-refractivity contribution in [2.24, 2.45) is 5.41 Å². The number of nitrogens with one attached hydrogen (secondary N) is 1. The molecule has 1 heterocycles. The second kappa shape index (κ2) is 8.68. The SMILES string of the molecule is C[C@@H]1CNCCN1C(=O)c1cccc(C(=O)N(C)CC(C)(C)C)c1.Cl. The van der Waals surface area contributed by atoms with E-state index in [9.17, 15) is 9.59 Å². The summed E-state index contributed by atoms with van der Waals surface area (Å²) < 4.78 is 0. The first-order valence-corrected chi connectivity index (χ1v) is 8.56. The molecule has 6 heteroatoms. The van der Waals surface area contributed by atoms with Crippen LogP contribution >= 0.6 is 12.4 Å². The van der Waals surface area contributed by atoms with Crippen LogP contribution in [0.3, 0.4) is 0 Å². The van der Waals surface area contributed by atoms with Crippen molar-refractivity contribution in [1.29, 1.82) is 0 Å². The van der Waals surface area contributed by atoms with Crippen molar-refractivity contribution in [1.82, 2.24) is 15.1 Å². The molecule has 140 valence electrons. The highest BCUT2D eigenvalue weighted by Crippen LogP contribution is 2.17. The minimum Gasteiger partial charge on any atom is -0.341 e. The summed E-state index contributed by atoms with van der Waals surface area (Å²) in [5.41, 5.74) is 1.18. The lowest BCUT2D eigenvalue weighted by atomic mass is 9.96. The van der Waals surface area contributed by atoms with Crippen LogP contribution in [0.2, 0.25) is 0 Å². The van der Waals surface area contributed by atoms with E-state index in [1.807, 2.05) is 11.8 Å². The Balaban J connectivity index is 0.00000312. The van der Waals surface area contributed by atoms with Gasteiger partial charge in [-0.2, -0.15) is 0 Å². The Kier molecular flexibility index (Phi) is 7.44. The molecular formula is C19H30ClN3O2. The minimum absolute atomic E-state index is 0. The summed E-state index contributed by atoms with van der Waals surface area (Å²) in [5, 5.41) is 3.28. The van der Waals surface area contributed by atoms with Crippen molar-refractivity contribution in [3.05, 3.63) is 35.4 Å². The van der Waals surface area contributed by atoms with Gasteiger partial charge in [-0.25, -0.2) is 0 Å². The molecule has 0 unspecified atom stereocenters. The van der Waals surface area contributed by atoms with Gasteiger partial charge in [0.2, 0.25) is 0 Å². The van der Waals surface area contributed by atoms with Crippen LogP contribution in [0.25, 0.3) is 0 Å². The molecule has 2 rings (SSSR count). The third kappa shape index (κ3) is 5.72. The minimum atomic E-state index is -0.0482. The molecule has 1 N–H and O–H groups in total. The van der Waals surface area contributed by atoms with Gasteiger partial charge in [0.25, 0.3) is 11.8 Å². The summed E-state index contributed by atoms with van der Waals surface area (Å²) in [4.78, 5) is 29.0. The number of halogens is 1. The van der Waals surface area contributed by atoms with E-state index in [0.29, 0.717) is 24.2 Å². The molecule has 0 aliphatic carbocycles. The highest BCUT2D eigenvalue weighted by Gasteiger charge is 2.25. The third-order valence-corrected chi connectivity index (χ3v) is 4.18. The average molecular weight is 368 g/mol. The van der Waals surface area contributed by atoms with E-state index in [1.54, 1.807) is 36.2 Å². The van der Waals surface area contributed by atoms with Gasteiger partial charge < -0.3 is 15.1 Å². The Hall–Kier alpha value is -1.59. The fourth-order valence-corrected chi connectivity index (χ4v) is 3.10. The van der Waals surface area contributed by atoms with Crippen molar-refractivity contribution in [3.63, 3.8) is 0 Å². The van der Waals surface area contributed by atoms with Gasteiger partial charge in [-0.1, -0.05) is 26.8 Å². The number of rotatable bonds is 3. The average Bonchev–Trinajstić information content (AvgIpc) is 2.52. The van der Waals surface area contributed by atoms with E-state index in [1.165, 1.54) is 0 Å². The molecule has 1 aliphatic heterocycles. The van der Waals surface area contributed by atoms with Gasteiger partial charge in [0, 0.05) is 50.4 Å². The van der Waals surface area contributed by atoms with Crippen LogP contribution in [0.15, 0.2) is 24.3 Å². The second-order valence-electron chi connectivity index (χ2n) is 7.85. The van der Waals surface area contributed by atoms with Gasteiger partial charge in [0.1, 0.15) is 0 Å². The Morgan fingerprint density at radius 1 is 1.28 bits per heavy atom. The van der Waals surface area contributed by atoms with Crippen molar-refractivity contribution in [3.8, 4) is 0 Å². The van der Waals surface area contributed by atoms with Gasteiger partial charge in [-0.3, -0.25) is 9.59 Å². The monoisotopic (exact) mass is 367 g/mol. The Bertz CT molecular complexity index is 613. The fourth-order valence-electron chi connectivity index (χ4n) is 3.10. The molecular weight excluding hydrogens is 338 g/mol. The maximum absolute atomic E-state index is 12.8. The van der Waals surface area contributed by atoms with E-state index in [2.05, 4.69) is 26.1 Å². The van der Waals surface area contributed by atoms with E-state index >= 15 is 0 Å². The summed E-state index contributed by atoms with van der Waals surface area (Å²) in [6.07, 6.45) is 0. The molecule has 0 aromatic heterocycles. The van der Waals surface area contributed by atoms with Gasteiger partial charge in [-0.15, -0.1) is 12.4 Å². The normalized spacial score (nSPS) is 17.6. The number of piperazine rings is 1. The lowest BCUT2D eigenvalue weighted by Crippen LogP contribution is -2.52.